The largest absolute Gasteiger partial charge is 0.493 e. The van der Waals surface area contributed by atoms with Gasteiger partial charge in [-0.2, -0.15) is 5.26 Å². The van der Waals surface area contributed by atoms with Crippen LogP contribution in [0.15, 0.2) is 60.7 Å². The molecule has 3 aromatic rings. The van der Waals surface area contributed by atoms with Gasteiger partial charge in [-0.1, -0.05) is 30.3 Å². The van der Waals surface area contributed by atoms with Crippen LogP contribution < -0.4 is 9.47 Å². The molecule has 3 aromatic carbocycles. The Morgan fingerprint density at radius 1 is 1.03 bits per heavy atom. The van der Waals surface area contributed by atoms with E-state index in [1.54, 1.807) is 18.2 Å². The van der Waals surface area contributed by atoms with Gasteiger partial charge in [0.05, 0.1) is 42.9 Å². The van der Waals surface area contributed by atoms with Crippen molar-refractivity contribution >= 4 is 5.69 Å². The second-order valence-corrected chi connectivity index (χ2v) is 6.63. The third-order valence-corrected chi connectivity index (χ3v) is 4.81. The van der Waals surface area contributed by atoms with E-state index >= 15 is 0 Å². The Morgan fingerprint density at radius 2 is 1.70 bits per heavy atom. The fourth-order valence-corrected chi connectivity index (χ4v) is 3.23. The van der Waals surface area contributed by atoms with Crippen molar-refractivity contribution in [3.8, 4) is 28.7 Å². The molecule has 0 heterocycles. The lowest BCUT2D eigenvalue weighted by molar-refractivity contribution is -0.385. The molecular formula is C23H20N2O5. The van der Waals surface area contributed by atoms with Crippen LogP contribution in [0.25, 0.3) is 11.1 Å². The van der Waals surface area contributed by atoms with E-state index in [1.165, 1.54) is 26.4 Å². The highest BCUT2D eigenvalue weighted by Gasteiger charge is 2.22. The predicted molar refractivity (Wildman–Crippen MR) is 111 cm³/mol. The van der Waals surface area contributed by atoms with E-state index in [4.69, 9.17) is 14.7 Å². The van der Waals surface area contributed by atoms with Gasteiger partial charge in [0.1, 0.15) is 0 Å². The molecule has 30 heavy (non-hydrogen) atoms. The highest BCUT2D eigenvalue weighted by molar-refractivity contribution is 5.65. The lowest BCUT2D eigenvalue weighted by atomic mass is 9.96. The first-order chi connectivity index (χ1) is 14.5. The molecule has 0 amide bonds. The SMILES string of the molecule is COc1cc(CC(O)c2cccc(-c3ccc(C#N)cc3)c2)c([N+](=O)[O-])cc1OC. The molecule has 0 bridgehead atoms. The molecule has 0 aromatic heterocycles. The standard InChI is InChI=1S/C23H20N2O5/c1-29-22-12-19(20(25(27)28)13-23(22)30-2)11-21(26)18-5-3-4-17(10-18)16-8-6-15(14-24)7-9-16/h3-10,12-13,21,26H,11H2,1-2H3. The normalized spacial score (nSPS) is 11.4. The van der Waals surface area contributed by atoms with Crippen molar-refractivity contribution < 1.29 is 19.5 Å². The quantitative estimate of drug-likeness (QED) is 0.461. The van der Waals surface area contributed by atoms with Crippen molar-refractivity contribution in [2.24, 2.45) is 0 Å². The first kappa shape index (κ1) is 20.8. The minimum absolute atomic E-state index is 0.0352. The fraction of sp³-hybridized carbons (Fsp3) is 0.174. The summed E-state index contributed by atoms with van der Waals surface area (Å²) in [6, 6.07) is 19.3. The van der Waals surface area contributed by atoms with E-state index in [-0.39, 0.29) is 17.9 Å². The number of nitro groups is 1. The molecule has 7 heteroatoms. The second-order valence-electron chi connectivity index (χ2n) is 6.63. The first-order valence-corrected chi connectivity index (χ1v) is 9.14. The Morgan fingerprint density at radius 3 is 2.30 bits per heavy atom. The van der Waals surface area contributed by atoms with Crippen molar-refractivity contribution in [2.45, 2.75) is 12.5 Å². The fourth-order valence-electron chi connectivity index (χ4n) is 3.23. The monoisotopic (exact) mass is 404 g/mol. The zero-order valence-electron chi connectivity index (χ0n) is 16.5. The molecule has 0 aliphatic heterocycles. The van der Waals surface area contributed by atoms with Crippen LogP contribution >= 0.6 is 0 Å². The predicted octanol–water partition coefficient (Wildman–Crippen LogP) is 4.43. The van der Waals surface area contributed by atoms with Gasteiger partial charge in [-0.3, -0.25) is 10.1 Å². The summed E-state index contributed by atoms with van der Waals surface area (Å²) in [5.41, 5.74) is 3.17. The van der Waals surface area contributed by atoms with Crippen LogP contribution in [0, 0.1) is 21.4 Å². The minimum atomic E-state index is -0.958. The van der Waals surface area contributed by atoms with Crippen LogP contribution in [0.4, 0.5) is 5.69 Å². The summed E-state index contributed by atoms with van der Waals surface area (Å²) >= 11 is 0. The number of benzene rings is 3. The Hall–Kier alpha value is -3.89. The topological polar surface area (TPSA) is 106 Å². The molecule has 0 saturated heterocycles. The third-order valence-electron chi connectivity index (χ3n) is 4.81. The highest BCUT2D eigenvalue weighted by atomic mass is 16.6. The molecule has 152 valence electrons. The molecule has 1 atom stereocenters. The maximum absolute atomic E-state index is 11.5. The van der Waals surface area contributed by atoms with Gasteiger partial charge in [-0.15, -0.1) is 0 Å². The Kier molecular flexibility index (Phi) is 6.30. The molecule has 3 rings (SSSR count). The average Bonchev–Trinajstić information content (AvgIpc) is 2.78. The number of nitriles is 1. The van der Waals surface area contributed by atoms with Gasteiger partial charge in [0.2, 0.25) is 0 Å². The lowest BCUT2D eigenvalue weighted by Gasteiger charge is -2.15. The second kappa shape index (κ2) is 9.07. The summed E-state index contributed by atoms with van der Waals surface area (Å²) in [5, 5.41) is 31.2. The van der Waals surface area contributed by atoms with E-state index in [0.29, 0.717) is 22.4 Å². The van der Waals surface area contributed by atoms with Crippen molar-refractivity contribution in [1.82, 2.24) is 0 Å². The van der Waals surface area contributed by atoms with Gasteiger partial charge < -0.3 is 14.6 Å². The number of ether oxygens (including phenoxy) is 2. The smallest absolute Gasteiger partial charge is 0.276 e. The van der Waals surface area contributed by atoms with Gasteiger partial charge in [-0.05, 0) is 41.0 Å². The van der Waals surface area contributed by atoms with Crippen LogP contribution in [-0.4, -0.2) is 24.2 Å². The van der Waals surface area contributed by atoms with E-state index in [9.17, 15) is 15.2 Å². The molecule has 0 spiro atoms. The number of hydrogen-bond acceptors (Lipinski definition) is 6. The Labute approximate surface area is 173 Å². The third kappa shape index (κ3) is 4.40. The average molecular weight is 404 g/mol. The molecule has 0 aliphatic carbocycles. The number of nitro benzene ring substituents is 1. The van der Waals surface area contributed by atoms with Crippen LogP contribution in [0.5, 0.6) is 11.5 Å². The molecule has 0 radical (unpaired) electrons. The molecule has 7 nitrogen and oxygen atoms in total. The zero-order chi connectivity index (χ0) is 21.7. The van der Waals surface area contributed by atoms with Crippen molar-refractivity contribution in [2.75, 3.05) is 14.2 Å². The van der Waals surface area contributed by atoms with E-state index in [1.807, 2.05) is 30.3 Å². The molecule has 1 unspecified atom stereocenters. The Balaban J connectivity index is 1.92. The van der Waals surface area contributed by atoms with Crippen molar-refractivity contribution in [3.63, 3.8) is 0 Å². The summed E-state index contributed by atoms with van der Waals surface area (Å²) < 4.78 is 10.4. The van der Waals surface area contributed by atoms with Gasteiger partial charge in [-0.25, -0.2) is 0 Å². The summed E-state index contributed by atoms with van der Waals surface area (Å²) in [4.78, 5) is 11.0. The summed E-state index contributed by atoms with van der Waals surface area (Å²) in [6.07, 6.45) is -0.923. The van der Waals surface area contributed by atoms with Gasteiger partial charge in [0, 0.05) is 12.0 Å². The maximum atomic E-state index is 11.5. The summed E-state index contributed by atoms with van der Waals surface area (Å²) in [7, 11) is 2.86. The zero-order valence-corrected chi connectivity index (χ0v) is 16.5. The summed E-state index contributed by atoms with van der Waals surface area (Å²) in [6.45, 7) is 0. The number of rotatable bonds is 7. The van der Waals surface area contributed by atoms with Crippen molar-refractivity contribution in [3.05, 3.63) is 87.5 Å². The Bertz CT molecular complexity index is 1100. The number of nitrogens with zero attached hydrogens (tertiary/aromatic N) is 2. The number of hydrogen-bond donors (Lipinski definition) is 1. The van der Waals surface area contributed by atoms with Gasteiger partial charge >= 0.3 is 0 Å². The molecule has 0 aliphatic rings. The molecule has 0 fully saturated rings. The highest BCUT2D eigenvalue weighted by Crippen LogP contribution is 2.36. The molecular weight excluding hydrogens is 384 g/mol. The van der Waals surface area contributed by atoms with Crippen LogP contribution in [0.3, 0.4) is 0 Å². The molecule has 1 N–H and O–H groups in total. The van der Waals surface area contributed by atoms with Crippen LogP contribution in [0.1, 0.15) is 22.8 Å². The van der Waals surface area contributed by atoms with E-state index in [0.717, 1.165) is 11.1 Å². The van der Waals surface area contributed by atoms with E-state index in [2.05, 4.69) is 6.07 Å². The minimum Gasteiger partial charge on any atom is -0.493 e. The van der Waals surface area contributed by atoms with E-state index < -0.39 is 11.0 Å². The maximum Gasteiger partial charge on any atom is 0.276 e. The number of methoxy groups -OCH3 is 2. The number of aliphatic hydroxyl groups is 1. The van der Waals surface area contributed by atoms with Gasteiger partial charge in [0.25, 0.3) is 5.69 Å². The number of aliphatic hydroxyl groups excluding tert-OH is 1. The van der Waals surface area contributed by atoms with Crippen molar-refractivity contribution in [1.29, 1.82) is 5.26 Å². The van der Waals surface area contributed by atoms with Gasteiger partial charge in [0.15, 0.2) is 11.5 Å². The molecule has 0 saturated carbocycles. The lowest BCUT2D eigenvalue weighted by Crippen LogP contribution is -2.06. The van der Waals surface area contributed by atoms with Crippen LogP contribution in [0.2, 0.25) is 0 Å². The summed E-state index contributed by atoms with van der Waals surface area (Å²) in [5.74, 6) is 0.613. The first-order valence-electron chi connectivity index (χ1n) is 9.14. The van der Waals surface area contributed by atoms with Crippen LogP contribution in [-0.2, 0) is 6.42 Å².